The Morgan fingerprint density at radius 3 is 2.11 bits per heavy atom. The van der Waals surface area contributed by atoms with Crippen LogP contribution in [0.25, 0.3) is 0 Å². The highest BCUT2D eigenvalue weighted by Crippen LogP contribution is 2.25. The molecule has 1 aliphatic rings. The summed E-state index contributed by atoms with van der Waals surface area (Å²) < 4.78 is 46.4. The van der Waals surface area contributed by atoms with Crippen molar-refractivity contribution in [1.29, 1.82) is 0 Å². The van der Waals surface area contributed by atoms with Crippen LogP contribution in [0.4, 0.5) is 4.39 Å². The van der Waals surface area contributed by atoms with Crippen molar-refractivity contribution in [3.05, 3.63) is 54.3 Å². The molecule has 28 heavy (non-hydrogen) atoms. The van der Waals surface area contributed by atoms with Crippen molar-refractivity contribution < 1.29 is 27.5 Å². The van der Waals surface area contributed by atoms with Gasteiger partial charge in [-0.05, 0) is 74.5 Å². The molecule has 3 rings (SSSR count). The van der Waals surface area contributed by atoms with Crippen LogP contribution < -0.4 is 20.3 Å². The number of hydroxylamine groups is 1. The Morgan fingerprint density at radius 2 is 1.57 bits per heavy atom. The van der Waals surface area contributed by atoms with Crippen LogP contribution in [0, 0.1) is 5.82 Å². The van der Waals surface area contributed by atoms with E-state index in [1.54, 1.807) is 5.48 Å². The summed E-state index contributed by atoms with van der Waals surface area (Å²) in [5.41, 5.74) is 0.121. The number of piperidine rings is 1. The fourth-order valence-electron chi connectivity index (χ4n) is 2.98. The summed E-state index contributed by atoms with van der Waals surface area (Å²) in [5.74, 6) is -0.411. The topological polar surface area (TPSA) is 117 Å². The molecule has 0 aliphatic carbocycles. The van der Waals surface area contributed by atoms with E-state index in [0.717, 1.165) is 0 Å². The first-order chi connectivity index (χ1) is 13.3. The highest BCUT2D eigenvalue weighted by molar-refractivity contribution is 7.89. The van der Waals surface area contributed by atoms with Crippen LogP contribution in [0.5, 0.6) is 11.5 Å². The molecule has 2 aromatic rings. The summed E-state index contributed by atoms with van der Waals surface area (Å²) >= 11 is 0. The third kappa shape index (κ3) is 4.47. The molecule has 1 amide bonds. The summed E-state index contributed by atoms with van der Waals surface area (Å²) in [6, 6.07) is 11.0. The minimum absolute atomic E-state index is 0.0531. The third-order valence-corrected chi connectivity index (χ3v) is 6.06. The van der Waals surface area contributed by atoms with Gasteiger partial charge in [-0.1, -0.05) is 0 Å². The number of halogens is 1. The van der Waals surface area contributed by atoms with Gasteiger partial charge in [0.1, 0.15) is 22.9 Å². The van der Waals surface area contributed by atoms with E-state index in [9.17, 15) is 17.6 Å². The molecule has 150 valence electrons. The minimum Gasteiger partial charge on any atom is -0.457 e. The number of hydrogen-bond donors (Lipinski definition) is 4. The summed E-state index contributed by atoms with van der Waals surface area (Å²) in [4.78, 5) is 12.1. The molecule has 0 aromatic heterocycles. The molecule has 0 radical (unpaired) electrons. The lowest BCUT2D eigenvalue weighted by molar-refractivity contribution is -0.136. The van der Waals surface area contributed by atoms with Gasteiger partial charge in [0.15, 0.2) is 0 Å². The molecule has 4 N–H and O–H groups in total. The van der Waals surface area contributed by atoms with Crippen LogP contribution >= 0.6 is 0 Å². The molecule has 2 aromatic carbocycles. The molecule has 1 aliphatic heterocycles. The average Bonchev–Trinajstić information content (AvgIpc) is 2.70. The van der Waals surface area contributed by atoms with E-state index in [4.69, 9.17) is 9.94 Å². The molecule has 0 saturated carbocycles. The van der Waals surface area contributed by atoms with E-state index < -0.39 is 27.3 Å². The van der Waals surface area contributed by atoms with Gasteiger partial charge < -0.3 is 10.1 Å². The highest BCUT2D eigenvalue weighted by Gasteiger charge is 2.43. The Morgan fingerprint density at radius 1 is 1.04 bits per heavy atom. The zero-order valence-corrected chi connectivity index (χ0v) is 15.6. The van der Waals surface area contributed by atoms with Crippen molar-refractivity contribution >= 4 is 15.9 Å². The minimum atomic E-state index is -4.02. The van der Waals surface area contributed by atoms with E-state index in [1.807, 2.05) is 0 Å². The monoisotopic (exact) mass is 409 g/mol. The van der Waals surface area contributed by atoms with Crippen molar-refractivity contribution in [3.63, 3.8) is 0 Å². The first-order valence-corrected chi connectivity index (χ1v) is 10.1. The molecule has 8 nitrogen and oxygen atoms in total. The second-order valence-corrected chi connectivity index (χ2v) is 8.09. The zero-order chi connectivity index (χ0) is 20.2. The molecule has 0 bridgehead atoms. The van der Waals surface area contributed by atoms with Crippen LogP contribution in [0.15, 0.2) is 53.4 Å². The van der Waals surface area contributed by atoms with Gasteiger partial charge in [0.05, 0.1) is 4.90 Å². The van der Waals surface area contributed by atoms with E-state index in [-0.39, 0.29) is 17.7 Å². The number of nitrogens with one attached hydrogen (secondary N) is 3. The van der Waals surface area contributed by atoms with Crippen molar-refractivity contribution in [2.24, 2.45) is 0 Å². The summed E-state index contributed by atoms with van der Waals surface area (Å²) in [7, 11) is -4.02. The lowest BCUT2D eigenvalue weighted by Gasteiger charge is -2.35. The Kier molecular flexibility index (Phi) is 5.94. The number of amides is 1. The molecule has 0 atom stereocenters. The molecule has 10 heteroatoms. The molecule has 1 saturated heterocycles. The van der Waals surface area contributed by atoms with Gasteiger partial charge in [-0.3, -0.25) is 10.0 Å². The SMILES string of the molecule is O=C(NO)C1(NS(=O)(=O)c2ccc(Oc3ccc(F)cc3)cc2)CCNCC1. The predicted octanol–water partition coefficient (Wildman–Crippen LogP) is 1.52. The van der Waals surface area contributed by atoms with Crippen LogP contribution in [0.2, 0.25) is 0 Å². The average molecular weight is 409 g/mol. The molecule has 0 spiro atoms. The first kappa shape index (κ1) is 20.2. The quantitative estimate of drug-likeness (QED) is 0.425. The van der Waals surface area contributed by atoms with Gasteiger partial charge >= 0.3 is 0 Å². The number of carbonyl (C=O) groups is 1. The molecule has 1 heterocycles. The van der Waals surface area contributed by atoms with E-state index in [2.05, 4.69) is 10.0 Å². The number of hydrogen-bond acceptors (Lipinski definition) is 6. The van der Waals surface area contributed by atoms with Crippen molar-refractivity contribution in [2.45, 2.75) is 23.3 Å². The Hall–Kier alpha value is -2.53. The van der Waals surface area contributed by atoms with Crippen LogP contribution in [0.1, 0.15) is 12.8 Å². The third-order valence-electron chi connectivity index (χ3n) is 4.51. The fraction of sp³-hybridized carbons (Fsp3) is 0.278. The first-order valence-electron chi connectivity index (χ1n) is 8.57. The number of benzene rings is 2. The van der Waals surface area contributed by atoms with Crippen molar-refractivity contribution in [1.82, 2.24) is 15.5 Å². The number of ether oxygens (including phenoxy) is 1. The summed E-state index contributed by atoms with van der Waals surface area (Å²) in [6.07, 6.45) is 0.398. The maximum Gasteiger partial charge on any atom is 0.264 e. The fourth-order valence-corrected chi connectivity index (χ4v) is 4.40. The van der Waals surface area contributed by atoms with E-state index in [0.29, 0.717) is 24.6 Å². The van der Waals surface area contributed by atoms with E-state index in [1.165, 1.54) is 48.5 Å². The van der Waals surface area contributed by atoms with Crippen molar-refractivity contribution in [3.8, 4) is 11.5 Å². The normalized spacial score (nSPS) is 16.4. The summed E-state index contributed by atoms with van der Waals surface area (Å²) in [5, 5.41) is 12.1. The molecule has 1 fully saturated rings. The Bertz CT molecular complexity index is 927. The van der Waals surface area contributed by atoms with Gasteiger partial charge in [-0.25, -0.2) is 18.3 Å². The largest absolute Gasteiger partial charge is 0.457 e. The number of sulfonamides is 1. The standard InChI is InChI=1S/C18H20FN3O5S/c19-13-1-3-14(4-2-13)27-15-5-7-16(8-6-15)28(25,26)22-18(17(23)21-24)9-11-20-12-10-18/h1-8,20,22,24H,9-12H2,(H,21,23). The lowest BCUT2D eigenvalue weighted by Crippen LogP contribution is -2.62. The lowest BCUT2D eigenvalue weighted by atomic mass is 9.89. The highest BCUT2D eigenvalue weighted by atomic mass is 32.2. The smallest absolute Gasteiger partial charge is 0.264 e. The maximum atomic E-state index is 12.9. The predicted molar refractivity (Wildman–Crippen MR) is 98.0 cm³/mol. The maximum absolute atomic E-state index is 12.9. The second-order valence-electron chi connectivity index (χ2n) is 6.41. The van der Waals surface area contributed by atoms with Crippen LogP contribution in [-0.4, -0.2) is 38.2 Å². The van der Waals surface area contributed by atoms with Gasteiger partial charge in [0, 0.05) is 0 Å². The van der Waals surface area contributed by atoms with Crippen molar-refractivity contribution in [2.75, 3.05) is 13.1 Å². The van der Waals surface area contributed by atoms with Crippen LogP contribution in [0.3, 0.4) is 0 Å². The zero-order valence-electron chi connectivity index (χ0n) is 14.8. The molecular weight excluding hydrogens is 389 g/mol. The molecule has 0 unspecified atom stereocenters. The van der Waals surface area contributed by atoms with Gasteiger partial charge in [-0.15, -0.1) is 0 Å². The molecular formula is C18H20FN3O5S. The number of carbonyl (C=O) groups excluding carboxylic acids is 1. The Labute approximate surface area is 161 Å². The van der Waals surface area contributed by atoms with E-state index >= 15 is 0 Å². The van der Waals surface area contributed by atoms with Gasteiger partial charge in [0.2, 0.25) is 10.0 Å². The van der Waals surface area contributed by atoms with Crippen LogP contribution in [-0.2, 0) is 14.8 Å². The van der Waals surface area contributed by atoms with Gasteiger partial charge in [-0.2, -0.15) is 4.72 Å². The number of rotatable bonds is 6. The summed E-state index contributed by atoms with van der Waals surface area (Å²) in [6.45, 7) is 0.862. The van der Waals surface area contributed by atoms with Gasteiger partial charge in [0.25, 0.3) is 5.91 Å². The second kappa shape index (κ2) is 8.23. The Balaban J connectivity index is 1.77.